The van der Waals surface area contributed by atoms with Gasteiger partial charge in [0.25, 0.3) is 5.91 Å². The zero-order valence-corrected chi connectivity index (χ0v) is 15.9. The average molecular weight is 402 g/mol. The second-order valence-corrected chi connectivity index (χ2v) is 7.63. The van der Waals surface area contributed by atoms with Crippen LogP contribution in [0.1, 0.15) is 21.3 Å². The average Bonchev–Trinajstić information content (AvgIpc) is 3.23. The van der Waals surface area contributed by atoms with Crippen molar-refractivity contribution in [1.82, 2.24) is 4.90 Å². The molecule has 0 N–H and O–H groups in total. The minimum Gasteiger partial charge on any atom is -0.465 e. The van der Waals surface area contributed by atoms with Gasteiger partial charge in [-0.1, -0.05) is 12.1 Å². The van der Waals surface area contributed by atoms with Crippen LogP contribution in [0.15, 0.2) is 48.5 Å². The number of hydrogen-bond acceptors (Lipinski definition) is 5. The molecule has 0 saturated carbocycles. The van der Waals surface area contributed by atoms with Gasteiger partial charge >= 0.3 is 5.97 Å². The Bertz CT molecular complexity index is 918. The first kappa shape index (κ1) is 17.9. The fraction of sp³-hybridized carbons (Fsp3) is 0.211. The molecule has 8 heteroatoms. The lowest BCUT2D eigenvalue weighted by molar-refractivity contribution is -0.119. The highest BCUT2D eigenvalue weighted by Gasteiger charge is 2.50. The number of nitrogens with zero attached hydrogens (tertiary/aromatic N) is 2. The van der Waals surface area contributed by atoms with Crippen molar-refractivity contribution in [1.29, 1.82) is 0 Å². The summed E-state index contributed by atoms with van der Waals surface area (Å²) in [6, 6.07) is 12.5. The Morgan fingerprint density at radius 3 is 2.48 bits per heavy atom. The minimum absolute atomic E-state index is 0.104. The molecule has 0 aromatic heterocycles. The highest BCUT2D eigenvalue weighted by atomic mass is 32.2. The standard InChI is InChI=1S/C19H15FN2O3S2/c1-25-18(24)12-4-2-11(3-5-12)17-22-15(10-27-17)16(23)21(19(22)26)14-8-6-13(20)7-9-14/h2-9,15,17H,10H2,1H3/t15-,17-/m0/s1. The molecule has 2 aliphatic heterocycles. The van der Waals surface area contributed by atoms with Gasteiger partial charge in [0.15, 0.2) is 5.11 Å². The number of thiocarbonyl (C=S) groups is 1. The molecule has 138 valence electrons. The molecule has 0 bridgehead atoms. The third-order valence-electron chi connectivity index (χ3n) is 4.62. The fourth-order valence-electron chi connectivity index (χ4n) is 3.28. The molecular formula is C19H15FN2O3S2. The molecule has 2 aromatic carbocycles. The zero-order valence-electron chi connectivity index (χ0n) is 14.3. The van der Waals surface area contributed by atoms with Crippen molar-refractivity contribution in [2.45, 2.75) is 11.4 Å². The number of thioether (sulfide) groups is 1. The van der Waals surface area contributed by atoms with Gasteiger partial charge in [-0.05, 0) is 54.2 Å². The molecule has 2 atom stereocenters. The van der Waals surface area contributed by atoms with Crippen LogP contribution in [0.5, 0.6) is 0 Å². The van der Waals surface area contributed by atoms with Crippen LogP contribution in [-0.2, 0) is 9.53 Å². The number of rotatable bonds is 3. The van der Waals surface area contributed by atoms with Gasteiger partial charge in [0.05, 0.1) is 18.4 Å². The Balaban J connectivity index is 1.62. The summed E-state index contributed by atoms with van der Waals surface area (Å²) in [5, 5.41) is 0.284. The topological polar surface area (TPSA) is 49.9 Å². The third-order valence-corrected chi connectivity index (χ3v) is 6.34. The molecule has 4 rings (SSSR count). The normalized spacial score (nSPS) is 21.6. The van der Waals surface area contributed by atoms with E-state index < -0.39 is 5.97 Å². The molecule has 0 radical (unpaired) electrons. The fourth-order valence-corrected chi connectivity index (χ4v) is 5.19. The van der Waals surface area contributed by atoms with Crippen molar-refractivity contribution in [3.8, 4) is 0 Å². The molecule has 2 fully saturated rings. The van der Waals surface area contributed by atoms with Gasteiger partial charge in [0.2, 0.25) is 0 Å². The van der Waals surface area contributed by atoms with Gasteiger partial charge in [-0.2, -0.15) is 0 Å². The molecule has 1 amide bonds. The van der Waals surface area contributed by atoms with Gasteiger partial charge in [0, 0.05) is 5.75 Å². The van der Waals surface area contributed by atoms with E-state index in [1.165, 1.54) is 24.1 Å². The van der Waals surface area contributed by atoms with Crippen LogP contribution in [0.25, 0.3) is 0 Å². The lowest BCUT2D eigenvalue weighted by Gasteiger charge is -2.25. The van der Waals surface area contributed by atoms with Crippen LogP contribution < -0.4 is 4.90 Å². The predicted molar refractivity (Wildman–Crippen MR) is 105 cm³/mol. The van der Waals surface area contributed by atoms with Crippen LogP contribution in [0.4, 0.5) is 10.1 Å². The maximum Gasteiger partial charge on any atom is 0.337 e. The quantitative estimate of drug-likeness (QED) is 0.580. The Morgan fingerprint density at radius 1 is 1.19 bits per heavy atom. The number of benzene rings is 2. The van der Waals surface area contributed by atoms with Crippen molar-refractivity contribution in [2.75, 3.05) is 17.8 Å². The SMILES string of the molecule is COC(=O)c1ccc([C@@H]2SC[C@H]3C(=O)N(c4ccc(F)cc4)C(=S)N32)cc1. The van der Waals surface area contributed by atoms with E-state index in [2.05, 4.69) is 0 Å². The summed E-state index contributed by atoms with van der Waals surface area (Å²) in [5.74, 6) is -0.253. The first-order chi connectivity index (χ1) is 13.0. The Labute approximate surface area is 165 Å². The molecule has 27 heavy (non-hydrogen) atoms. The van der Waals surface area contributed by atoms with Crippen LogP contribution in [0, 0.1) is 5.82 Å². The van der Waals surface area contributed by atoms with Gasteiger partial charge in [-0.3, -0.25) is 9.69 Å². The second kappa shape index (κ2) is 6.94. The smallest absolute Gasteiger partial charge is 0.337 e. The number of methoxy groups -OCH3 is 1. The van der Waals surface area contributed by atoms with E-state index in [1.54, 1.807) is 36.0 Å². The molecule has 0 unspecified atom stereocenters. The molecule has 5 nitrogen and oxygen atoms in total. The molecule has 0 aliphatic carbocycles. The lowest BCUT2D eigenvalue weighted by atomic mass is 10.1. The van der Waals surface area contributed by atoms with Gasteiger partial charge in [-0.15, -0.1) is 11.8 Å². The summed E-state index contributed by atoms with van der Waals surface area (Å²) >= 11 is 7.21. The largest absolute Gasteiger partial charge is 0.465 e. The number of hydrogen-bond donors (Lipinski definition) is 0. The number of ether oxygens (including phenoxy) is 1. The lowest BCUT2D eigenvalue weighted by Crippen LogP contribution is -2.33. The number of esters is 1. The highest BCUT2D eigenvalue weighted by molar-refractivity contribution is 7.99. The Morgan fingerprint density at radius 2 is 1.85 bits per heavy atom. The van der Waals surface area contributed by atoms with Gasteiger partial charge in [-0.25, -0.2) is 9.18 Å². The monoisotopic (exact) mass is 402 g/mol. The van der Waals surface area contributed by atoms with Crippen molar-refractivity contribution in [3.63, 3.8) is 0 Å². The number of halogens is 1. The molecule has 2 heterocycles. The second-order valence-electron chi connectivity index (χ2n) is 6.15. The van der Waals surface area contributed by atoms with E-state index in [0.717, 1.165) is 5.56 Å². The number of carbonyl (C=O) groups excluding carboxylic acids is 2. The highest BCUT2D eigenvalue weighted by Crippen LogP contribution is 2.46. The van der Waals surface area contributed by atoms with E-state index in [0.29, 0.717) is 22.1 Å². The van der Waals surface area contributed by atoms with Crippen molar-refractivity contribution >= 4 is 46.7 Å². The van der Waals surface area contributed by atoms with Crippen LogP contribution >= 0.6 is 24.0 Å². The third kappa shape index (κ3) is 2.98. The van der Waals surface area contributed by atoms with Crippen LogP contribution in [0.2, 0.25) is 0 Å². The first-order valence-corrected chi connectivity index (χ1v) is 9.68. The molecule has 2 aliphatic rings. The number of carbonyl (C=O) groups is 2. The molecule has 2 saturated heterocycles. The summed E-state index contributed by atoms with van der Waals surface area (Å²) in [7, 11) is 1.34. The molecule has 2 aromatic rings. The number of amides is 1. The van der Waals surface area contributed by atoms with Crippen molar-refractivity contribution in [2.24, 2.45) is 0 Å². The zero-order chi connectivity index (χ0) is 19.1. The summed E-state index contributed by atoms with van der Waals surface area (Å²) in [5.41, 5.74) is 1.98. The van der Waals surface area contributed by atoms with E-state index in [4.69, 9.17) is 17.0 Å². The van der Waals surface area contributed by atoms with E-state index in [9.17, 15) is 14.0 Å². The molecular weight excluding hydrogens is 387 g/mol. The van der Waals surface area contributed by atoms with Crippen molar-refractivity contribution in [3.05, 3.63) is 65.5 Å². The maximum atomic E-state index is 13.2. The summed E-state index contributed by atoms with van der Waals surface area (Å²) in [6.07, 6.45) is 0. The summed E-state index contributed by atoms with van der Waals surface area (Å²) in [6.45, 7) is 0. The van der Waals surface area contributed by atoms with Gasteiger partial charge in [0.1, 0.15) is 17.2 Å². The first-order valence-electron chi connectivity index (χ1n) is 8.23. The summed E-state index contributed by atoms with van der Waals surface area (Å²) < 4.78 is 17.9. The minimum atomic E-state index is -0.396. The predicted octanol–water partition coefficient (Wildman–Crippen LogP) is 3.36. The van der Waals surface area contributed by atoms with Crippen LogP contribution in [0.3, 0.4) is 0 Å². The van der Waals surface area contributed by atoms with Gasteiger partial charge < -0.3 is 9.64 Å². The van der Waals surface area contributed by atoms with Crippen molar-refractivity contribution < 1.29 is 18.7 Å². The van der Waals surface area contributed by atoms with E-state index in [-0.39, 0.29) is 23.1 Å². The summed E-state index contributed by atoms with van der Waals surface area (Å²) in [4.78, 5) is 27.9. The Kier molecular flexibility index (Phi) is 4.61. The number of anilines is 1. The number of fused-ring (bicyclic) bond motifs is 1. The van der Waals surface area contributed by atoms with E-state index in [1.807, 2.05) is 17.0 Å². The molecule has 0 spiro atoms. The van der Waals surface area contributed by atoms with Crippen LogP contribution in [-0.4, -0.2) is 40.8 Å². The Hall–Kier alpha value is -2.45. The maximum absolute atomic E-state index is 13.2. The van der Waals surface area contributed by atoms with E-state index >= 15 is 0 Å².